The van der Waals surface area contributed by atoms with Crippen LogP contribution in [0.3, 0.4) is 0 Å². The van der Waals surface area contributed by atoms with Crippen LogP contribution in [0.15, 0.2) is 12.1 Å². The second kappa shape index (κ2) is 5.28. The number of carbonyl (C=O) groups excluding carboxylic acids is 1. The zero-order valence-electron chi connectivity index (χ0n) is 9.69. The average molecular weight is 284 g/mol. The topological polar surface area (TPSA) is 79.8 Å². The SMILES string of the molecule is CNc1cc(C(=O)Nc2nc(C)ns2)cc(Cl)n1. The Morgan fingerprint density at radius 3 is 2.78 bits per heavy atom. The summed E-state index contributed by atoms with van der Waals surface area (Å²) in [7, 11) is 1.70. The molecule has 0 saturated carbocycles. The van der Waals surface area contributed by atoms with Gasteiger partial charge in [0.25, 0.3) is 5.91 Å². The first-order valence-corrected chi connectivity index (χ1v) is 6.20. The van der Waals surface area contributed by atoms with E-state index in [4.69, 9.17) is 11.6 Å². The molecule has 8 heteroatoms. The highest BCUT2D eigenvalue weighted by atomic mass is 35.5. The van der Waals surface area contributed by atoms with Gasteiger partial charge in [-0.15, -0.1) is 0 Å². The number of anilines is 2. The number of rotatable bonds is 3. The van der Waals surface area contributed by atoms with Crippen LogP contribution in [0.5, 0.6) is 0 Å². The summed E-state index contributed by atoms with van der Waals surface area (Å²) in [6, 6.07) is 3.10. The van der Waals surface area contributed by atoms with Crippen molar-refractivity contribution in [3.63, 3.8) is 0 Å². The molecule has 0 spiro atoms. The molecule has 6 nitrogen and oxygen atoms in total. The summed E-state index contributed by atoms with van der Waals surface area (Å²) in [5.41, 5.74) is 0.409. The molecular formula is C10H10ClN5OS. The lowest BCUT2D eigenvalue weighted by Gasteiger charge is -2.04. The molecule has 2 rings (SSSR count). The smallest absolute Gasteiger partial charge is 0.257 e. The van der Waals surface area contributed by atoms with E-state index in [9.17, 15) is 4.79 Å². The summed E-state index contributed by atoms with van der Waals surface area (Å²) in [5, 5.41) is 6.18. The van der Waals surface area contributed by atoms with Crippen LogP contribution in [0.25, 0.3) is 0 Å². The Labute approximate surface area is 113 Å². The van der Waals surface area contributed by atoms with Gasteiger partial charge in [0.2, 0.25) is 5.13 Å². The predicted molar refractivity (Wildman–Crippen MR) is 71.4 cm³/mol. The first kappa shape index (κ1) is 12.7. The molecule has 0 radical (unpaired) electrons. The van der Waals surface area contributed by atoms with Crippen LogP contribution >= 0.6 is 23.1 Å². The van der Waals surface area contributed by atoms with Crippen LogP contribution in [0.4, 0.5) is 10.9 Å². The molecule has 18 heavy (non-hydrogen) atoms. The molecule has 1 amide bonds. The van der Waals surface area contributed by atoms with Gasteiger partial charge in [0, 0.05) is 24.1 Å². The normalized spacial score (nSPS) is 10.2. The van der Waals surface area contributed by atoms with Crippen molar-refractivity contribution in [2.75, 3.05) is 17.7 Å². The molecule has 0 aromatic carbocycles. The first-order chi connectivity index (χ1) is 8.58. The lowest BCUT2D eigenvalue weighted by Crippen LogP contribution is -2.12. The molecule has 2 heterocycles. The van der Waals surface area contributed by atoms with Gasteiger partial charge in [-0.3, -0.25) is 10.1 Å². The summed E-state index contributed by atoms with van der Waals surface area (Å²) in [4.78, 5) is 20.0. The summed E-state index contributed by atoms with van der Waals surface area (Å²) in [6.07, 6.45) is 0. The minimum Gasteiger partial charge on any atom is -0.373 e. The van der Waals surface area contributed by atoms with E-state index in [0.29, 0.717) is 22.3 Å². The van der Waals surface area contributed by atoms with Crippen LogP contribution in [-0.2, 0) is 0 Å². The lowest BCUT2D eigenvalue weighted by molar-refractivity contribution is 0.102. The fraction of sp³-hybridized carbons (Fsp3) is 0.200. The minimum atomic E-state index is -0.299. The molecule has 94 valence electrons. The fourth-order valence-electron chi connectivity index (χ4n) is 1.27. The van der Waals surface area contributed by atoms with Crippen LogP contribution < -0.4 is 10.6 Å². The van der Waals surface area contributed by atoms with Crippen molar-refractivity contribution >= 4 is 40.0 Å². The lowest BCUT2D eigenvalue weighted by atomic mass is 10.2. The molecule has 0 fully saturated rings. The second-order valence-electron chi connectivity index (χ2n) is 3.41. The number of amides is 1. The summed E-state index contributed by atoms with van der Waals surface area (Å²) in [5.74, 6) is 0.854. The Bertz CT molecular complexity index is 585. The molecule has 0 bridgehead atoms. The number of halogens is 1. The van der Waals surface area contributed by atoms with Crippen LogP contribution in [0, 0.1) is 6.92 Å². The van der Waals surface area contributed by atoms with E-state index in [1.165, 1.54) is 6.07 Å². The van der Waals surface area contributed by atoms with E-state index in [0.717, 1.165) is 11.5 Å². The summed E-state index contributed by atoms with van der Waals surface area (Å²) in [6.45, 7) is 1.76. The molecular weight excluding hydrogens is 274 g/mol. The van der Waals surface area contributed by atoms with Gasteiger partial charge < -0.3 is 5.32 Å². The molecule has 0 aliphatic carbocycles. The number of aromatic nitrogens is 3. The van der Waals surface area contributed by atoms with Crippen LogP contribution in [0.1, 0.15) is 16.2 Å². The number of pyridine rings is 1. The van der Waals surface area contributed by atoms with E-state index in [1.807, 2.05) is 0 Å². The zero-order valence-corrected chi connectivity index (χ0v) is 11.3. The fourth-order valence-corrected chi connectivity index (χ4v) is 2.05. The molecule has 0 unspecified atom stereocenters. The largest absolute Gasteiger partial charge is 0.373 e. The second-order valence-corrected chi connectivity index (χ2v) is 4.55. The van der Waals surface area contributed by atoms with E-state index >= 15 is 0 Å². The number of hydrogen-bond donors (Lipinski definition) is 2. The van der Waals surface area contributed by atoms with Gasteiger partial charge in [0.1, 0.15) is 16.8 Å². The van der Waals surface area contributed by atoms with Crippen molar-refractivity contribution in [2.45, 2.75) is 6.92 Å². The highest BCUT2D eigenvalue weighted by Crippen LogP contribution is 2.17. The van der Waals surface area contributed by atoms with Gasteiger partial charge in [0.15, 0.2) is 0 Å². The number of nitrogens with one attached hydrogen (secondary N) is 2. The molecule has 2 aromatic heterocycles. The first-order valence-electron chi connectivity index (χ1n) is 5.05. The van der Waals surface area contributed by atoms with Crippen molar-refractivity contribution in [1.82, 2.24) is 14.3 Å². The van der Waals surface area contributed by atoms with Gasteiger partial charge in [-0.25, -0.2) is 9.97 Å². The Balaban J connectivity index is 2.20. The highest BCUT2D eigenvalue weighted by molar-refractivity contribution is 7.09. The monoisotopic (exact) mass is 283 g/mol. The standard InChI is InChI=1S/C10H10ClN5OS/c1-5-13-10(18-16-5)15-9(17)6-3-7(11)14-8(4-6)12-2/h3-4H,1-2H3,(H,12,14)(H,13,15,16,17). The van der Waals surface area contributed by atoms with Gasteiger partial charge in [-0.05, 0) is 19.1 Å². The van der Waals surface area contributed by atoms with E-state index in [-0.39, 0.29) is 11.1 Å². The summed E-state index contributed by atoms with van der Waals surface area (Å²) >= 11 is 6.95. The minimum absolute atomic E-state index is 0.250. The third-order valence-corrected chi connectivity index (χ3v) is 2.98. The molecule has 0 aliphatic heterocycles. The van der Waals surface area contributed by atoms with E-state index in [1.54, 1.807) is 20.0 Å². The zero-order chi connectivity index (χ0) is 13.1. The maximum atomic E-state index is 12.0. The third kappa shape index (κ3) is 2.93. The third-order valence-electron chi connectivity index (χ3n) is 2.06. The van der Waals surface area contributed by atoms with Crippen molar-refractivity contribution in [3.05, 3.63) is 28.7 Å². The Morgan fingerprint density at radius 1 is 1.39 bits per heavy atom. The number of nitrogens with zero attached hydrogens (tertiary/aromatic N) is 3. The van der Waals surface area contributed by atoms with Crippen molar-refractivity contribution in [3.8, 4) is 0 Å². The highest BCUT2D eigenvalue weighted by Gasteiger charge is 2.11. The Hall–Kier alpha value is -1.73. The Kier molecular flexibility index (Phi) is 3.73. The average Bonchev–Trinajstić information content (AvgIpc) is 2.73. The Morgan fingerprint density at radius 2 is 2.17 bits per heavy atom. The maximum Gasteiger partial charge on any atom is 0.257 e. The summed E-state index contributed by atoms with van der Waals surface area (Å²) < 4.78 is 3.98. The number of carbonyl (C=O) groups is 1. The van der Waals surface area contributed by atoms with Gasteiger partial charge >= 0.3 is 0 Å². The molecule has 2 N–H and O–H groups in total. The predicted octanol–water partition coefficient (Wildman–Crippen LogP) is 2.19. The van der Waals surface area contributed by atoms with Crippen molar-refractivity contribution < 1.29 is 4.79 Å². The van der Waals surface area contributed by atoms with E-state index < -0.39 is 0 Å². The van der Waals surface area contributed by atoms with Gasteiger partial charge in [-0.1, -0.05) is 11.6 Å². The molecule has 0 aliphatic rings. The van der Waals surface area contributed by atoms with Crippen LogP contribution in [0.2, 0.25) is 5.15 Å². The van der Waals surface area contributed by atoms with Gasteiger partial charge in [0.05, 0.1) is 0 Å². The quantitative estimate of drug-likeness (QED) is 0.844. The number of hydrogen-bond acceptors (Lipinski definition) is 6. The van der Waals surface area contributed by atoms with Crippen molar-refractivity contribution in [2.24, 2.45) is 0 Å². The maximum absolute atomic E-state index is 12.0. The van der Waals surface area contributed by atoms with Gasteiger partial charge in [-0.2, -0.15) is 4.37 Å². The number of aryl methyl sites for hydroxylation is 1. The van der Waals surface area contributed by atoms with Crippen LogP contribution in [-0.4, -0.2) is 27.3 Å². The molecule has 0 saturated heterocycles. The molecule has 2 aromatic rings. The van der Waals surface area contributed by atoms with Crippen molar-refractivity contribution in [1.29, 1.82) is 0 Å². The molecule has 0 atom stereocenters. The van der Waals surface area contributed by atoms with E-state index in [2.05, 4.69) is 25.0 Å².